The average Bonchev–Trinajstić information content (AvgIpc) is 3.32. The topological polar surface area (TPSA) is 52.3 Å². The van der Waals surface area contributed by atoms with E-state index < -0.39 is 11.0 Å². The summed E-state index contributed by atoms with van der Waals surface area (Å²) in [6.45, 7) is 4.26. The smallest absolute Gasteiger partial charge is 0.317 e. The van der Waals surface area contributed by atoms with Crippen LogP contribution in [-0.4, -0.2) is 11.5 Å². The van der Waals surface area contributed by atoms with Crippen LogP contribution < -0.4 is 5.73 Å². The highest BCUT2D eigenvalue weighted by Crippen LogP contribution is 2.59. The molecule has 2 aromatic carbocycles. The summed E-state index contributed by atoms with van der Waals surface area (Å²) in [5, 5.41) is 0. The predicted molar refractivity (Wildman–Crippen MR) is 90.7 cm³/mol. The second-order valence-corrected chi connectivity index (χ2v) is 6.98. The lowest BCUT2D eigenvalue weighted by Crippen LogP contribution is -2.40. The fraction of sp³-hybridized carbons (Fsp3) is 0.350. The molecule has 1 saturated carbocycles. The highest BCUT2D eigenvalue weighted by atomic mass is 16.5. The van der Waals surface area contributed by atoms with E-state index in [-0.39, 0.29) is 11.9 Å². The molecule has 2 unspecified atom stereocenters. The maximum atomic E-state index is 12.9. The minimum Gasteiger partial charge on any atom is -0.460 e. The van der Waals surface area contributed by atoms with Crippen LogP contribution in [0.3, 0.4) is 0 Å². The summed E-state index contributed by atoms with van der Waals surface area (Å²) in [5.74, 6) is -0.0725. The van der Waals surface area contributed by atoms with Crippen molar-refractivity contribution in [2.24, 2.45) is 11.7 Å². The molecule has 120 valence electrons. The second kappa shape index (κ2) is 5.82. The normalized spacial score (nSPS) is 23.3. The molecule has 1 aliphatic rings. The predicted octanol–water partition coefficient (Wildman–Crippen LogP) is 3.43. The van der Waals surface area contributed by atoms with Gasteiger partial charge in [0.15, 0.2) is 0 Å². The van der Waals surface area contributed by atoms with Crippen LogP contribution in [0.25, 0.3) is 0 Å². The molecule has 2 aromatic rings. The van der Waals surface area contributed by atoms with Gasteiger partial charge in [0.05, 0.1) is 5.41 Å². The van der Waals surface area contributed by atoms with Crippen LogP contribution in [0.1, 0.15) is 31.4 Å². The van der Waals surface area contributed by atoms with Gasteiger partial charge in [0.25, 0.3) is 0 Å². The Balaban J connectivity index is 1.82. The van der Waals surface area contributed by atoms with Crippen molar-refractivity contribution in [3.05, 3.63) is 71.8 Å². The Labute approximate surface area is 137 Å². The maximum absolute atomic E-state index is 12.9. The van der Waals surface area contributed by atoms with Gasteiger partial charge in [-0.15, -0.1) is 0 Å². The summed E-state index contributed by atoms with van der Waals surface area (Å²) >= 11 is 0. The van der Waals surface area contributed by atoms with Gasteiger partial charge in [-0.1, -0.05) is 60.7 Å². The Morgan fingerprint density at radius 1 is 1.13 bits per heavy atom. The number of hydrogen-bond donors (Lipinski definition) is 1. The molecule has 2 atom stereocenters. The van der Waals surface area contributed by atoms with Crippen molar-refractivity contribution in [1.29, 1.82) is 0 Å². The molecule has 0 aromatic heterocycles. The van der Waals surface area contributed by atoms with Gasteiger partial charge in [0, 0.05) is 5.54 Å². The Morgan fingerprint density at radius 3 is 2.22 bits per heavy atom. The molecular formula is C20H23NO2. The summed E-state index contributed by atoms with van der Waals surface area (Å²) in [6, 6.07) is 19.6. The molecule has 0 heterocycles. The van der Waals surface area contributed by atoms with Crippen LogP contribution in [0.4, 0.5) is 0 Å². The standard InChI is InChI=1S/C20H23NO2/c1-19(2,21)17-13-20(17,16-11-7-4-8-12-16)18(22)23-14-15-9-5-3-6-10-15/h3-12,17H,13-14,21H2,1-2H3. The first-order chi connectivity index (χ1) is 10.9. The van der Waals surface area contributed by atoms with Gasteiger partial charge in [-0.05, 0) is 37.3 Å². The first kappa shape index (κ1) is 15.8. The Hall–Kier alpha value is -2.13. The summed E-state index contributed by atoms with van der Waals surface area (Å²) in [6.07, 6.45) is 0.744. The van der Waals surface area contributed by atoms with Crippen LogP contribution in [-0.2, 0) is 21.6 Å². The van der Waals surface area contributed by atoms with E-state index in [2.05, 4.69) is 0 Å². The van der Waals surface area contributed by atoms with Gasteiger partial charge >= 0.3 is 5.97 Å². The summed E-state index contributed by atoms with van der Waals surface area (Å²) in [5.41, 5.74) is 7.27. The zero-order chi connectivity index (χ0) is 16.5. The molecule has 0 radical (unpaired) electrons. The molecule has 3 nitrogen and oxygen atoms in total. The maximum Gasteiger partial charge on any atom is 0.317 e. The van der Waals surface area contributed by atoms with Crippen molar-refractivity contribution in [3.63, 3.8) is 0 Å². The van der Waals surface area contributed by atoms with Crippen LogP contribution in [0, 0.1) is 5.92 Å². The van der Waals surface area contributed by atoms with Gasteiger partial charge < -0.3 is 10.5 Å². The SMILES string of the molecule is CC(C)(N)C1CC1(C(=O)OCc1ccccc1)c1ccccc1. The van der Waals surface area contributed by atoms with Crippen molar-refractivity contribution in [2.45, 2.75) is 37.8 Å². The van der Waals surface area contributed by atoms with Crippen LogP contribution in [0.2, 0.25) is 0 Å². The average molecular weight is 309 g/mol. The first-order valence-electron chi connectivity index (χ1n) is 8.00. The van der Waals surface area contributed by atoms with E-state index in [0.717, 1.165) is 17.5 Å². The van der Waals surface area contributed by atoms with Crippen LogP contribution >= 0.6 is 0 Å². The number of esters is 1. The van der Waals surface area contributed by atoms with E-state index in [9.17, 15) is 4.79 Å². The molecule has 23 heavy (non-hydrogen) atoms. The largest absolute Gasteiger partial charge is 0.460 e. The fourth-order valence-electron chi connectivity index (χ4n) is 3.41. The monoisotopic (exact) mass is 309 g/mol. The van der Waals surface area contributed by atoms with Crippen LogP contribution in [0.5, 0.6) is 0 Å². The number of ether oxygens (including phenoxy) is 1. The van der Waals surface area contributed by atoms with E-state index >= 15 is 0 Å². The summed E-state index contributed by atoms with van der Waals surface area (Å²) in [7, 11) is 0. The second-order valence-electron chi connectivity index (χ2n) is 6.98. The highest BCUT2D eigenvalue weighted by Gasteiger charge is 2.66. The first-order valence-corrected chi connectivity index (χ1v) is 8.00. The fourth-order valence-corrected chi connectivity index (χ4v) is 3.41. The number of hydrogen-bond acceptors (Lipinski definition) is 3. The molecule has 0 spiro atoms. The van der Waals surface area contributed by atoms with E-state index in [4.69, 9.17) is 10.5 Å². The molecule has 1 aliphatic carbocycles. The van der Waals surface area contributed by atoms with Crippen molar-refractivity contribution >= 4 is 5.97 Å². The van der Waals surface area contributed by atoms with Crippen molar-refractivity contribution < 1.29 is 9.53 Å². The van der Waals surface area contributed by atoms with Crippen molar-refractivity contribution in [2.75, 3.05) is 0 Å². The number of benzene rings is 2. The highest BCUT2D eigenvalue weighted by molar-refractivity contribution is 5.88. The zero-order valence-electron chi connectivity index (χ0n) is 13.7. The van der Waals surface area contributed by atoms with Crippen molar-refractivity contribution in [1.82, 2.24) is 0 Å². The molecule has 3 heteroatoms. The molecule has 2 N–H and O–H groups in total. The molecule has 0 bridgehead atoms. The van der Waals surface area contributed by atoms with E-state index in [1.807, 2.05) is 74.5 Å². The molecule has 0 saturated heterocycles. The van der Waals surface area contributed by atoms with Gasteiger partial charge in [-0.2, -0.15) is 0 Å². The number of nitrogens with two attached hydrogens (primary N) is 1. The van der Waals surface area contributed by atoms with Crippen LogP contribution in [0.15, 0.2) is 60.7 Å². The molecule has 0 aliphatic heterocycles. The summed E-state index contributed by atoms with van der Waals surface area (Å²) < 4.78 is 5.64. The molecular weight excluding hydrogens is 286 g/mol. The molecule has 3 rings (SSSR count). The van der Waals surface area contributed by atoms with Gasteiger partial charge in [0.1, 0.15) is 6.61 Å². The lowest BCUT2D eigenvalue weighted by molar-refractivity contribution is -0.148. The summed E-state index contributed by atoms with van der Waals surface area (Å²) in [4.78, 5) is 12.9. The van der Waals surface area contributed by atoms with E-state index in [0.29, 0.717) is 6.61 Å². The lowest BCUT2D eigenvalue weighted by atomic mass is 9.86. The third-order valence-corrected chi connectivity index (χ3v) is 4.72. The third kappa shape index (κ3) is 3.02. The van der Waals surface area contributed by atoms with E-state index in [1.165, 1.54) is 0 Å². The van der Waals surface area contributed by atoms with Gasteiger partial charge in [0.2, 0.25) is 0 Å². The number of carbonyl (C=O) groups excluding carboxylic acids is 1. The zero-order valence-corrected chi connectivity index (χ0v) is 13.7. The Bertz CT molecular complexity index is 676. The Kier molecular flexibility index (Phi) is 3.99. The molecule has 0 amide bonds. The Morgan fingerprint density at radius 2 is 1.70 bits per heavy atom. The van der Waals surface area contributed by atoms with Gasteiger partial charge in [-0.25, -0.2) is 0 Å². The minimum atomic E-state index is -0.603. The van der Waals surface area contributed by atoms with Crippen molar-refractivity contribution in [3.8, 4) is 0 Å². The number of carbonyl (C=O) groups is 1. The third-order valence-electron chi connectivity index (χ3n) is 4.72. The lowest BCUT2D eigenvalue weighted by Gasteiger charge is -2.24. The van der Waals surface area contributed by atoms with Gasteiger partial charge in [-0.3, -0.25) is 4.79 Å². The minimum absolute atomic E-state index is 0.0978. The quantitative estimate of drug-likeness (QED) is 0.861. The number of rotatable bonds is 5. The van der Waals surface area contributed by atoms with E-state index in [1.54, 1.807) is 0 Å². The molecule has 1 fully saturated rings.